The second-order valence-corrected chi connectivity index (χ2v) is 1.07. The van der Waals surface area contributed by atoms with E-state index in [4.69, 9.17) is 11.5 Å². The molecule has 0 saturated carbocycles. The Bertz CT molecular complexity index is 57.5. The van der Waals surface area contributed by atoms with Crippen LogP contribution in [0, 0.1) is 0 Å². The Balaban J connectivity index is 0. The Hall–Kier alpha value is -0.760. The molecule has 4 N–H and O–H groups in total. The highest BCUT2D eigenvalue weighted by molar-refractivity contribution is 4.75. The van der Waals surface area contributed by atoms with Crippen LogP contribution in [0.2, 0.25) is 0 Å². The zero-order valence-corrected chi connectivity index (χ0v) is 5.30. The predicted octanol–water partition coefficient (Wildman–Crippen LogP) is 0.610. The first-order chi connectivity index (χ1) is 3.83. The van der Waals surface area contributed by atoms with E-state index in [9.17, 15) is 0 Å². The van der Waals surface area contributed by atoms with Crippen molar-refractivity contribution in [3.05, 3.63) is 24.9 Å². The van der Waals surface area contributed by atoms with Gasteiger partial charge in [-0.3, -0.25) is 0 Å². The van der Waals surface area contributed by atoms with Crippen molar-refractivity contribution < 1.29 is 0 Å². The van der Waals surface area contributed by atoms with Gasteiger partial charge in [0.05, 0.1) is 0 Å². The molecule has 0 fully saturated rings. The van der Waals surface area contributed by atoms with Gasteiger partial charge in [0, 0.05) is 6.54 Å². The molecule has 0 unspecified atom stereocenters. The van der Waals surface area contributed by atoms with Crippen LogP contribution in [0.4, 0.5) is 0 Å². The Morgan fingerprint density at radius 2 is 2.00 bits per heavy atom. The summed E-state index contributed by atoms with van der Waals surface area (Å²) in [5.74, 6) is 0. The number of hydrogen-bond donors (Lipinski definition) is 2. The molecule has 8 heavy (non-hydrogen) atoms. The summed E-state index contributed by atoms with van der Waals surface area (Å²) in [4.78, 5) is 0. The predicted molar refractivity (Wildman–Crippen MR) is 38.3 cm³/mol. The van der Waals surface area contributed by atoms with E-state index in [1.54, 1.807) is 12.2 Å². The SMILES string of the molecule is C=CC.NC=CCN. The molecule has 0 radical (unpaired) electrons. The van der Waals surface area contributed by atoms with Gasteiger partial charge in [0.2, 0.25) is 0 Å². The van der Waals surface area contributed by atoms with E-state index in [1.165, 1.54) is 6.20 Å². The molecule has 0 amide bonds. The summed E-state index contributed by atoms with van der Waals surface area (Å²) >= 11 is 0. The summed E-state index contributed by atoms with van der Waals surface area (Å²) in [5, 5.41) is 0. The lowest BCUT2D eigenvalue weighted by Gasteiger charge is -1.68. The Labute approximate surface area is 50.9 Å². The minimum absolute atomic E-state index is 0.538. The highest BCUT2D eigenvalue weighted by Gasteiger charge is 1.51. The molecule has 0 spiro atoms. The zero-order chi connectivity index (χ0) is 6.83. The average Bonchev–Trinajstić information content (AvgIpc) is 1.71. The topological polar surface area (TPSA) is 52.0 Å². The third-order valence-corrected chi connectivity index (χ3v) is 0.272. The largest absolute Gasteiger partial charge is 0.405 e. The van der Waals surface area contributed by atoms with E-state index in [2.05, 4.69) is 6.58 Å². The minimum atomic E-state index is 0.538. The molecule has 2 nitrogen and oxygen atoms in total. The lowest BCUT2D eigenvalue weighted by Crippen LogP contribution is -1.93. The maximum absolute atomic E-state index is 4.97. The van der Waals surface area contributed by atoms with Crippen molar-refractivity contribution in [1.29, 1.82) is 0 Å². The van der Waals surface area contributed by atoms with E-state index < -0.39 is 0 Å². The monoisotopic (exact) mass is 114 g/mol. The fourth-order valence-corrected chi connectivity index (χ4v) is 0.0786. The molecule has 0 rings (SSSR count). The summed E-state index contributed by atoms with van der Waals surface area (Å²) in [6, 6.07) is 0. The van der Waals surface area contributed by atoms with Crippen LogP contribution in [0.3, 0.4) is 0 Å². The van der Waals surface area contributed by atoms with E-state index in [0.29, 0.717) is 6.54 Å². The van der Waals surface area contributed by atoms with Crippen LogP contribution in [0.5, 0.6) is 0 Å². The summed E-state index contributed by atoms with van der Waals surface area (Å²) in [7, 11) is 0. The van der Waals surface area contributed by atoms with Gasteiger partial charge in [-0.1, -0.05) is 12.2 Å². The van der Waals surface area contributed by atoms with E-state index >= 15 is 0 Å². The van der Waals surface area contributed by atoms with Gasteiger partial charge in [0.25, 0.3) is 0 Å². The van der Waals surface area contributed by atoms with Gasteiger partial charge in [-0.15, -0.1) is 6.58 Å². The van der Waals surface area contributed by atoms with Crippen molar-refractivity contribution in [3.8, 4) is 0 Å². The van der Waals surface area contributed by atoms with E-state index in [-0.39, 0.29) is 0 Å². The van der Waals surface area contributed by atoms with Crippen molar-refractivity contribution in [2.75, 3.05) is 6.54 Å². The van der Waals surface area contributed by atoms with Crippen LogP contribution in [0.25, 0.3) is 0 Å². The van der Waals surface area contributed by atoms with Crippen molar-refractivity contribution in [2.45, 2.75) is 6.92 Å². The van der Waals surface area contributed by atoms with Crippen LogP contribution in [0.1, 0.15) is 6.92 Å². The third kappa shape index (κ3) is 61.3. The molecule has 0 aromatic carbocycles. The summed E-state index contributed by atoms with van der Waals surface area (Å²) < 4.78 is 0. The molecular formula is C6H14N2. The van der Waals surface area contributed by atoms with Crippen LogP contribution < -0.4 is 11.5 Å². The maximum atomic E-state index is 4.97. The van der Waals surface area contributed by atoms with Gasteiger partial charge in [0.1, 0.15) is 0 Å². The molecule has 0 aliphatic heterocycles. The van der Waals surface area contributed by atoms with Crippen molar-refractivity contribution in [2.24, 2.45) is 11.5 Å². The van der Waals surface area contributed by atoms with Gasteiger partial charge in [0.15, 0.2) is 0 Å². The molecule has 0 saturated heterocycles. The molecule has 0 atom stereocenters. The van der Waals surface area contributed by atoms with Crippen LogP contribution in [-0.2, 0) is 0 Å². The Morgan fingerprint density at radius 1 is 1.62 bits per heavy atom. The lowest BCUT2D eigenvalue weighted by molar-refractivity contribution is 1.24. The van der Waals surface area contributed by atoms with Gasteiger partial charge < -0.3 is 11.5 Å². The van der Waals surface area contributed by atoms with Crippen LogP contribution in [-0.4, -0.2) is 6.54 Å². The molecule has 48 valence electrons. The summed E-state index contributed by atoms with van der Waals surface area (Å²) in [6.45, 7) is 5.79. The van der Waals surface area contributed by atoms with Crippen molar-refractivity contribution in [3.63, 3.8) is 0 Å². The van der Waals surface area contributed by atoms with Crippen LogP contribution in [0.15, 0.2) is 24.9 Å². The first-order valence-corrected chi connectivity index (χ1v) is 2.47. The van der Waals surface area contributed by atoms with Crippen molar-refractivity contribution >= 4 is 0 Å². The first kappa shape index (κ1) is 10.3. The van der Waals surface area contributed by atoms with Gasteiger partial charge in [-0.2, -0.15) is 0 Å². The lowest BCUT2D eigenvalue weighted by atomic mass is 10.6. The molecule has 0 aliphatic rings. The molecule has 0 heterocycles. The Morgan fingerprint density at radius 3 is 2.00 bits per heavy atom. The normalized spacial score (nSPS) is 7.75. The first-order valence-electron chi connectivity index (χ1n) is 2.47. The average molecular weight is 114 g/mol. The zero-order valence-electron chi connectivity index (χ0n) is 5.30. The second kappa shape index (κ2) is 16.3. The molecule has 0 aromatic rings. The quantitative estimate of drug-likeness (QED) is 0.491. The number of rotatable bonds is 1. The number of hydrogen-bond acceptors (Lipinski definition) is 2. The van der Waals surface area contributed by atoms with Gasteiger partial charge in [-0.25, -0.2) is 0 Å². The number of allylic oxidation sites excluding steroid dienone is 1. The van der Waals surface area contributed by atoms with E-state index in [0.717, 1.165) is 0 Å². The molecule has 0 bridgehead atoms. The summed E-state index contributed by atoms with van der Waals surface area (Å²) in [6.07, 6.45) is 4.86. The smallest absolute Gasteiger partial charge is 0.0123 e. The van der Waals surface area contributed by atoms with Crippen LogP contribution >= 0.6 is 0 Å². The fraction of sp³-hybridized carbons (Fsp3) is 0.333. The third-order valence-electron chi connectivity index (χ3n) is 0.272. The highest BCUT2D eigenvalue weighted by atomic mass is 14.5. The molecular weight excluding hydrogens is 100 g/mol. The minimum Gasteiger partial charge on any atom is -0.405 e. The molecule has 0 aromatic heterocycles. The highest BCUT2D eigenvalue weighted by Crippen LogP contribution is 1.48. The standard InChI is InChI=1S/C3H8N2.C3H6/c4-2-1-3-5;1-3-2/h1-2H,3-5H2;3H,1H2,2H3. The molecule has 2 heteroatoms. The van der Waals surface area contributed by atoms with Gasteiger partial charge >= 0.3 is 0 Å². The summed E-state index contributed by atoms with van der Waals surface area (Å²) in [5.41, 5.74) is 9.85. The maximum Gasteiger partial charge on any atom is 0.0123 e. The van der Waals surface area contributed by atoms with Crippen molar-refractivity contribution in [1.82, 2.24) is 0 Å². The van der Waals surface area contributed by atoms with Gasteiger partial charge in [-0.05, 0) is 13.1 Å². The Kier molecular flexibility index (Phi) is 20.9. The second-order valence-electron chi connectivity index (χ2n) is 1.07. The van der Waals surface area contributed by atoms with E-state index in [1.807, 2.05) is 6.92 Å². The molecule has 0 aliphatic carbocycles. The fourth-order valence-electron chi connectivity index (χ4n) is 0.0786. The number of nitrogens with two attached hydrogens (primary N) is 2.